The standard InChI is InChI=1S/C16H16ClFO/c1-11(2)12-6-7-13(16(17)8-12)10-19-15-5-3-4-14(18)9-15/h3-9,11H,10H2,1-2H3. The van der Waals surface area contributed by atoms with E-state index in [1.807, 2.05) is 18.2 Å². The van der Waals surface area contributed by atoms with Crippen LogP contribution in [0, 0.1) is 5.82 Å². The van der Waals surface area contributed by atoms with Crippen LogP contribution in [0.4, 0.5) is 4.39 Å². The van der Waals surface area contributed by atoms with Crippen LogP contribution >= 0.6 is 11.6 Å². The van der Waals surface area contributed by atoms with Crippen LogP contribution in [0.25, 0.3) is 0 Å². The zero-order valence-corrected chi connectivity index (χ0v) is 11.7. The molecule has 100 valence electrons. The van der Waals surface area contributed by atoms with Gasteiger partial charge in [-0.05, 0) is 29.7 Å². The summed E-state index contributed by atoms with van der Waals surface area (Å²) in [5, 5.41) is 0.683. The largest absolute Gasteiger partial charge is 0.489 e. The quantitative estimate of drug-likeness (QED) is 0.748. The van der Waals surface area contributed by atoms with Crippen LogP contribution in [-0.4, -0.2) is 0 Å². The Morgan fingerprint density at radius 2 is 1.95 bits per heavy atom. The summed E-state index contributed by atoms with van der Waals surface area (Å²) in [4.78, 5) is 0. The van der Waals surface area contributed by atoms with E-state index in [1.165, 1.54) is 17.7 Å². The van der Waals surface area contributed by atoms with Crippen LogP contribution in [0.15, 0.2) is 42.5 Å². The predicted molar refractivity (Wildman–Crippen MR) is 76.3 cm³/mol. The van der Waals surface area contributed by atoms with Crippen LogP contribution in [0.3, 0.4) is 0 Å². The molecule has 0 heterocycles. The van der Waals surface area contributed by atoms with Gasteiger partial charge in [0, 0.05) is 16.7 Å². The molecule has 0 unspecified atom stereocenters. The van der Waals surface area contributed by atoms with E-state index in [9.17, 15) is 4.39 Å². The highest BCUT2D eigenvalue weighted by Gasteiger charge is 2.06. The van der Waals surface area contributed by atoms with E-state index in [-0.39, 0.29) is 5.82 Å². The molecule has 0 bridgehead atoms. The second kappa shape index (κ2) is 6.07. The van der Waals surface area contributed by atoms with Crippen molar-refractivity contribution in [1.29, 1.82) is 0 Å². The molecule has 0 N–H and O–H groups in total. The molecule has 0 aromatic heterocycles. The Balaban J connectivity index is 2.07. The van der Waals surface area contributed by atoms with Gasteiger partial charge in [0.2, 0.25) is 0 Å². The summed E-state index contributed by atoms with van der Waals surface area (Å²) < 4.78 is 18.5. The van der Waals surface area contributed by atoms with E-state index < -0.39 is 0 Å². The highest BCUT2D eigenvalue weighted by atomic mass is 35.5. The highest BCUT2D eigenvalue weighted by Crippen LogP contribution is 2.24. The lowest BCUT2D eigenvalue weighted by atomic mass is 10.0. The first-order chi connectivity index (χ1) is 9.06. The number of halogens is 2. The first-order valence-corrected chi connectivity index (χ1v) is 6.61. The van der Waals surface area contributed by atoms with Crippen molar-refractivity contribution in [2.24, 2.45) is 0 Å². The molecule has 0 aliphatic heterocycles. The number of hydrogen-bond acceptors (Lipinski definition) is 1. The van der Waals surface area contributed by atoms with Gasteiger partial charge in [-0.3, -0.25) is 0 Å². The van der Waals surface area contributed by atoms with Gasteiger partial charge in [0.05, 0.1) is 0 Å². The molecule has 0 fully saturated rings. The van der Waals surface area contributed by atoms with Crippen molar-refractivity contribution < 1.29 is 9.13 Å². The number of benzene rings is 2. The molecule has 0 aliphatic rings. The van der Waals surface area contributed by atoms with E-state index in [1.54, 1.807) is 12.1 Å². The predicted octanol–water partition coefficient (Wildman–Crippen LogP) is 5.18. The summed E-state index contributed by atoms with van der Waals surface area (Å²) in [6.45, 7) is 4.57. The van der Waals surface area contributed by atoms with Gasteiger partial charge in [-0.2, -0.15) is 0 Å². The average molecular weight is 279 g/mol. The van der Waals surface area contributed by atoms with Crippen molar-refractivity contribution in [1.82, 2.24) is 0 Å². The maximum absolute atomic E-state index is 13.0. The minimum Gasteiger partial charge on any atom is -0.489 e. The van der Waals surface area contributed by atoms with Gasteiger partial charge in [-0.15, -0.1) is 0 Å². The summed E-state index contributed by atoms with van der Waals surface area (Å²) in [5.41, 5.74) is 2.09. The first kappa shape index (κ1) is 13.9. The van der Waals surface area contributed by atoms with Crippen molar-refractivity contribution in [3.8, 4) is 5.75 Å². The molecule has 2 rings (SSSR count). The fourth-order valence-corrected chi connectivity index (χ4v) is 2.00. The molecular weight excluding hydrogens is 263 g/mol. The Hall–Kier alpha value is -1.54. The maximum Gasteiger partial charge on any atom is 0.126 e. The van der Waals surface area contributed by atoms with Crippen LogP contribution < -0.4 is 4.74 Å². The number of hydrogen-bond donors (Lipinski definition) is 0. The Morgan fingerprint density at radius 1 is 1.16 bits per heavy atom. The summed E-state index contributed by atoms with van der Waals surface area (Å²) >= 11 is 6.22. The molecule has 0 saturated heterocycles. The monoisotopic (exact) mass is 278 g/mol. The van der Waals surface area contributed by atoms with Gasteiger partial charge in [-0.1, -0.05) is 43.6 Å². The third-order valence-electron chi connectivity index (χ3n) is 2.93. The topological polar surface area (TPSA) is 9.23 Å². The minimum absolute atomic E-state index is 0.307. The molecule has 0 atom stereocenters. The molecule has 19 heavy (non-hydrogen) atoms. The molecule has 0 radical (unpaired) electrons. The SMILES string of the molecule is CC(C)c1ccc(COc2cccc(F)c2)c(Cl)c1. The zero-order valence-electron chi connectivity index (χ0n) is 11.0. The molecule has 2 aromatic carbocycles. The second-order valence-electron chi connectivity index (χ2n) is 4.75. The number of rotatable bonds is 4. The van der Waals surface area contributed by atoms with Crippen LogP contribution in [-0.2, 0) is 6.61 Å². The third-order valence-corrected chi connectivity index (χ3v) is 3.29. The zero-order chi connectivity index (χ0) is 13.8. The van der Waals surface area contributed by atoms with E-state index in [2.05, 4.69) is 13.8 Å². The van der Waals surface area contributed by atoms with Crippen molar-refractivity contribution in [3.63, 3.8) is 0 Å². The van der Waals surface area contributed by atoms with Crippen molar-refractivity contribution in [3.05, 3.63) is 64.4 Å². The normalized spacial score (nSPS) is 10.8. The van der Waals surface area contributed by atoms with E-state index in [0.29, 0.717) is 23.3 Å². The molecular formula is C16H16ClFO. The summed E-state index contributed by atoms with van der Waals surface area (Å²) in [5.74, 6) is 0.637. The summed E-state index contributed by atoms with van der Waals surface area (Å²) in [7, 11) is 0. The van der Waals surface area contributed by atoms with Gasteiger partial charge in [0.25, 0.3) is 0 Å². The Morgan fingerprint density at radius 3 is 2.58 bits per heavy atom. The molecule has 0 amide bonds. The lowest BCUT2D eigenvalue weighted by molar-refractivity contribution is 0.304. The Kier molecular flexibility index (Phi) is 4.43. The van der Waals surface area contributed by atoms with Gasteiger partial charge < -0.3 is 4.74 Å². The van der Waals surface area contributed by atoms with Gasteiger partial charge in [0.1, 0.15) is 18.2 Å². The summed E-state index contributed by atoms with van der Waals surface area (Å²) in [6.07, 6.45) is 0. The van der Waals surface area contributed by atoms with Crippen LogP contribution in [0.5, 0.6) is 5.75 Å². The fraction of sp³-hybridized carbons (Fsp3) is 0.250. The molecule has 0 spiro atoms. The smallest absolute Gasteiger partial charge is 0.126 e. The second-order valence-corrected chi connectivity index (χ2v) is 5.16. The first-order valence-electron chi connectivity index (χ1n) is 6.23. The van der Waals surface area contributed by atoms with E-state index in [4.69, 9.17) is 16.3 Å². The van der Waals surface area contributed by atoms with Crippen LogP contribution in [0.1, 0.15) is 30.9 Å². The highest BCUT2D eigenvalue weighted by molar-refractivity contribution is 6.31. The van der Waals surface area contributed by atoms with Gasteiger partial charge >= 0.3 is 0 Å². The lowest BCUT2D eigenvalue weighted by Crippen LogP contribution is -1.98. The van der Waals surface area contributed by atoms with E-state index >= 15 is 0 Å². The van der Waals surface area contributed by atoms with Gasteiger partial charge in [0.15, 0.2) is 0 Å². The molecule has 0 aliphatic carbocycles. The third kappa shape index (κ3) is 3.71. The van der Waals surface area contributed by atoms with Gasteiger partial charge in [-0.25, -0.2) is 4.39 Å². The molecule has 3 heteroatoms. The lowest BCUT2D eigenvalue weighted by Gasteiger charge is -2.11. The van der Waals surface area contributed by atoms with Crippen molar-refractivity contribution in [2.75, 3.05) is 0 Å². The van der Waals surface area contributed by atoms with Crippen LogP contribution in [0.2, 0.25) is 5.02 Å². The Labute approximate surface area is 118 Å². The van der Waals surface area contributed by atoms with E-state index in [0.717, 1.165) is 5.56 Å². The van der Waals surface area contributed by atoms with Crippen molar-refractivity contribution >= 4 is 11.6 Å². The number of ether oxygens (including phenoxy) is 1. The molecule has 0 saturated carbocycles. The summed E-state index contributed by atoms with van der Waals surface area (Å²) in [6, 6.07) is 12.0. The molecule has 1 nitrogen and oxygen atoms in total. The maximum atomic E-state index is 13.0. The minimum atomic E-state index is -0.307. The average Bonchev–Trinajstić information content (AvgIpc) is 2.37. The Bertz CT molecular complexity index is 566. The molecule has 2 aromatic rings. The fourth-order valence-electron chi connectivity index (χ4n) is 1.76. The van der Waals surface area contributed by atoms with Crippen molar-refractivity contribution in [2.45, 2.75) is 26.4 Å².